The van der Waals surface area contributed by atoms with Gasteiger partial charge in [-0.1, -0.05) is 18.6 Å². The van der Waals surface area contributed by atoms with Crippen molar-refractivity contribution in [2.24, 2.45) is 0 Å². The number of carbonyl (C=O) groups excluding carboxylic acids is 2. The van der Waals surface area contributed by atoms with E-state index < -0.39 is 21.7 Å². The lowest BCUT2D eigenvalue weighted by molar-refractivity contribution is 0.0949. The number of hydrogen-bond donors (Lipinski definition) is 2. The number of carbonyl (C=O) groups is 2. The molecule has 0 atom stereocenters. The Bertz CT molecular complexity index is 1750. The van der Waals surface area contributed by atoms with Crippen molar-refractivity contribution in [1.29, 1.82) is 0 Å². The molecule has 1 aromatic heterocycles. The molecular formula is C32H32N4O5S2. The Labute approximate surface area is 254 Å². The SMILES string of the molecule is O=C(NCc1cnc(-c2ccc(OCCCN3CCCCC3)cc2)s1)c1ccc2c(c1)NC(=O)c1ccccc1S2(=O)=O. The number of benzene rings is 3. The van der Waals surface area contributed by atoms with Gasteiger partial charge in [-0.2, -0.15) is 0 Å². The first-order valence-electron chi connectivity index (χ1n) is 14.4. The quantitative estimate of drug-likeness (QED) is 0.242. The first-order chi connectivity index (χ1) is 20.9. The van der Waals surface area contributed by atoms with Gasteiger partial charge in [-0.3, -0.25) is 9.59 Å². The Kier molecular flexibility index (Phi) is 8.55. The standard InChI is InChI=1S/C32H32N4O5S2/c37-30(23-11-14-29-27(19-23)35-31(38)26-7-2-3-8-28(26)43(29,39)40)33-20-25-21-34-32(42-25)22-9-12-24(13-10-22)41-18-6-17-36-15-4-1-5-16-36/h2-3,7-14,19,21H,1,4-6,15-18,20H2,(H,33,37)(H,35,38). The predicted octanol–water partition coefficient (Wildman–Crippen LogP) is 5.39. The van der Waals surface area contributed by atoms with Crippen molar-refractivity contribution in [1.82, 2.24) is 15.2 Å². The molecule has 0 aliphatic carbocycles. The second-order valence-corrected chi connectivity index (χ2v) is 13.6. The van der Waals surface area contributed by atoms with Crippen LogP contribution in [0.2, 0.25) is 0 Å². The number of nitrogens with one attached hydrogen (secondary N) is 2. The summed E-state index contributed by atoms with van der Waals surface area (Å²) >= 11 is 1.48. The van der Waals surface area contributed by atoms with E-state index in [2.05, 4.69) is 20.5 Å². The van der Waals surface area contributed by atoms with Crippen molar-refractivity contribution < 1.29 is 22.7 Å². The zero-order valence-electron chi connectivity index (χ0n) is 23.5. The van der Waals surface area contributed by atoms with Crippen LogP contribution in [-0.4, -0.2) is 56.4 Å². The van der Waals surface area contributed by atoms with Gasteiger partial charge in [0.1, 0.15) is 10.8 Å². The molecule has 2 amide bonds. The van der Waals surface area contributed by atoms with E-state index in [9.17, 15) is 18.0 Å². The number of piperidine rings is 1. The highest BCUT2D eigenvalue weighted by atomic mass is 32.2. The lowest BCUT2D eigenvalue weighted by Crippen LogP contribution is -2.31. The molecule has 2 aliphatic rings. The van der Waals surface area contributed by atoms with Crippen LogP contribution in [0.5, 0.6) is 5.75 Å². The average Bonchev–Trinajstić information content (AvgIpc) is 3.49. The molecule has 1 saturated heterocycles. The molecule has 0 bridgehead atoms. The predicted molar refractivity (Wildman–Crippen MR) is 165 cm³/mol. The van der Waals surface area contributed by atoms with E-state index in [1.807, 2.05) is 24.3 Å². The number of amides is 2. The van der Waals surface area contributed by atoms with Gasteiger partial charge in [-0.05, 0) is 86.9 Å². The van der Waals surface area contributed by atoms with Crippen molar-refractivity contribution in [3.8, 4) is 16.3 Å². The van der Waals surface area contributed by atoms with Crippen LogP contribution < -0.4 is 15.4 Å². The molecule has 2 N–H and O–H groups in total. The lowest BCUT2D eigenvalue weighted by atomic mass is 10.1. The van der Waals surface area contributed by atoms with E-state index in [-0.39, 0.29) is 33.2 Å². The first-order valence-corrected chi connectivity index (χ1v) is 16.7. The number of sulfone groups is 1. The topological polar surface area (TPSA) is 118 Å². The molecule has 4 aromatic rings. The molecule has 2 aliphatic heterocycles. The van der Waals surface area contributed by atoms with Gasteiger partial charge in [0.2, 0.25) is 9.84 Å². The minimum absolute atomic E-state index is 0.0525. The van der Waals surface area contributed by atoms with Gasteiger partial charge in [0.15, 0.2) is 0 Å². The highest BCUT2D eigenvalue weighted by Crippen LogP contribution is 2.34. The smallest absolute Gasteiger partial charge is 0.257 e. The highest BCUT2D eigenvalue weighted by molar-refractivity contribution is 7.91. The minimum atomic E-state index is -3.94. The molecule has 43 heavy (non-hydrogen) atoms. The van der Waals surface area contributed by atoms with Crippen LogP contribution in [0.15, 0.2) is 82.7 Å². The second-order valence-electron chi connectivity index (χ2n) is 10.6. The monoisotopic (exact) mass is 616 g/mol. The van der Waals surface area contributed by atoms with Crippen molar-refractivity contribution in [3.05, 3.63) is 88.9 Å². The van der Waals surface area contributed by atoms with Gasteiger partial charge in [-0.25, -0.2) is 13.4 Å². The summed E-state index contributed by atoms with van der Waals surface area (Å²) in [5.74, 6) is -0.104. The lowest BCUT2D eigenvalue weighted by Gasteiger charge is -2.26. The summed E-state index contributed by atoms with van der Waals surface area (Å²) < 4.78 is 32.3. The number of thiazole rings is 1. The van der Waals surface area contributed by atoms with Gasteiger partial charge >= 0.3 is 0 Å². The summed E-state index contributed by atoms with van der Waals surface area (Å²) in [7, 11) is -3.94. The molecule has 3 heterocycles. The van der Waals surface area contributed by atoms with Crippen LogP contribution in [0.4, 0.5) is 5.69 Å². The molecule has 0 spiro atoms. The van der Waals surface area contributed by atoms with Gasteiger partial charge in [0, 0.05) is 28.7 Å². The molecular weight excluding hydrogens is 585 g/mol. The highest BCUT2D eigenvalue weighted by Gasteiger charge is 2.31. The van der Waals surface area contributed by atoms with Crippen molar-refractivity contribution in [3.63, 3.8) is 0 Å². The molecule has 9 nitrogen and oxygen atoms in total. The number of aromatic nitrogens is 1. The normalized spacial score (nSPS) is 16.0. The van der Waals surface area contributed by atoms with Gasteiger partial charge in [-0.15, -0.1) is 11.3 Å². The van der Waals surface area contributed by atoms with E-state index in [1.54, 1.807) is 18.3 Å². The first kappa shape index (κ1) is 29.0. The van der Waals surface area contributed by atoms with E-state index in [4.69, 9.17) is 4.74 Å². The third-order valence-corrected chi connectivity index (χ3v) is 10.5. The maximum absolute atomic E-state index is 13.2. The molecule has 6 rings (SSSR count). The van der Waals surface area contributed by atoms with Crippen LogP contribution in [0.25, 0.3) is 10.6 Å². The Morgan fingerprint density at radius 1 is 1.00 bits per heavy atom. The minimum Gasteiger partial charge on any atom is -0.494 e. The maximum atomic E-state index is 13.2. The zero-order valence-corrected chi connectivity index (χ0v) is 25.2. The fraction of sp³-hybridized carbons (Fsp3) is 0.281. The molecule has 0 radical (unpaired) electrons. The third-order valence-electron chi connectivity index (χ3n) is 7.61. The molecule has 222 valence electrons. The van der Waals surface area contributed by atoms with Crippen molar-refractivity contribution in [2.75, 3.05) is 31.6 Å². The Morgan fingerprint density at radius 3 is 2.60 bits per heavy atom. The molecule has 11 heteroatoms. The van der Waals surface area contributed by atoms with Crippen molar-refractivity contribution in [2.45, 2.75) is 42.0 Å². The number of fused-ring (bicyclic) bond motifs is 2. The van der Waals surface area contributed by atoms with Crippen LogP contribution in [-0.2, 0) is 16.4 Å². The van der Waals surface area contributed by atoms with Gasteiger partial charge in [0.05, 0.1) is 34.2 Å². The number of rotatable bonds is 9. The number of hydrogen-bond acceptors (Lipinski definition) is 8. The fourth-order valence-electron chi connectivity index (χ4n) is 5.35. The summed E-state index contributed by atoms with van der Waals surface area (Å²) in [6, 6.07) is 18.1. The summed E-state index contributed by atoms with van der Waals surface area (Å²) in [6.07, 6.45) is 6.68. The van der Waals surface area contributed by atoms with Crippen LogP contribution >= 0.6 is 11.3 Å². The van der Waals surface area contributed by atoms with E-state index in [0.29, 0.717) is 6.61 Å². The summed E-state index contributed by atoms with van der Waals surface area (Å²) in [5.41, 5.74) is 1.34. The van der Waals surface area contributed by atoms with Crippen LogP contribution in [0, 0.1) is 0 Å². The largest absolute Gasteiger partial charge is 0.494 e. The Balaban J connectivity index is 1.04. The zero-order chi connectivity index (χ0) is 29.8. The Hall–Kier alpha value is -4.06. The summed E-state index contributed by atoms with van der Waals surface area (Å²) in [4.78, 5) is 33.4. The van der Waals surface area contributed by atoms with Gasteiger partial charge < -0.3 is 20.3 Å². The third kappa shape index (κ3) is 6.48. The van der Waals surface area contributed by atoms with Crippen molar-refractivity contribution >= 4 is 38.7 Å². The molecule has 3 aromatic carbocycles. The molecule has 0 saturated carbocycles. The number of likely N-dealkylation sites (tertiary alicyclic amines) is 1. The summed E-state index contributed by atoms with van der Waals surface area (Å²) in [5, 5.41) is 6.33. The van der Waals surface area contributed by atoms with Gasteiger partial charge in [0.25, 0.3) is 11.8 Å². The molecule has 0 unspecified atom stereocenters. The molecule has 1 fully saturated rings. The average molecular weight is 617 g/mol. The van der Waals surface area contributed by atoms with E-state index in [0.717, 1.165) is 34.2 Å². The van der Waals surface area contributed by atoms with Crippen LogP contribution in [0.1, 0.15) is 51.3 Å². The second kappa shape index (κ2) is 12.7. The van der Waals surface area contributed by atoms with E-state index in [1.165, 1.54) is 74.0 Å². The number of anilines is 1. The van der Waals surface area contributed by atoms with E-state index >= 15 is 0 Å². The number of nitrogens with zero attached hydrogens (tertiary/aromatic N) is 2. The maximum Gasteiger partial charge on any atom is 0.257 e. The Morgan fingerprint density at radius 2 is 1.79 bits per heavy atom. The fourth-order valence-corrected chi connectivity index (χ4v) is 7.80. The summed E-state index contributed by atoms with van der Waals surface area (Å²) in [6.45, 7) is 4.42. The van der Waals surface area contributed by atoms with Crippen LogP contribution in [0.3, 0.4) is 0 Å². The number of ether oxygens (including phenoxy) is 1.